The van der Waals surface area contributed by atoms with E-state index in [0.717, 1.165) is 24.2 Å². The van der Waals surface area contributed by atoms with Crippen molar-refractivity contribution in [2.75, 3.05) is 13.6 Å². The maximum Gasteiger partial charge on any atom is 0.328 e. The molecule has 0 bridgehead atoms. The Morgan fingerprint density at radius 1 is 1.00 bits per heavy atom. The second kappa shape index (κ2) is 7.90. The lowest BCUT2D eigenvalue weighted by Gasteiger charge is -2.14. The smallest absolute Gasteiger partial charge is 0.302 e. The molecule has 0 atom stereocenters. The summed E-state index contributed by atoms with van der Waals surface area (Å²) in [5.74, 6) is 0. The zero-order valence-electron chi connectivity index (χ0n) is 16.6. The molecule has 8 heteroatoms. The first-order chi connectivity index (χ1) is 13.2. The molecule has 0 fully saturated rings. The normalized spacial score (nSPS) is 12.2. The van der Waals surface area contributed by atoms with Gasteiger partial charge in [0.1, 0.15) is 0 Å². The summed E-state index contributed by atoms with van der Waals surface area (Å²) in [6.07, 6.45) is 0. The minimum absolute atomic E-state index is 0.142. The minimum Gasteiger partial charge on any atom is -0.302 e. The van der Waals surface area contributed by atoms with Crippen LogP contribution in [0, 0.1) is 0 Å². The van der Waals surface area contributed by atoms with Gasteiger partial charge in [0.05, 0.1) is 15.9 Å². The molecule has 0 radical (unpaired) electrons. The van der Waals surface area contributed by atoms with Gasteiger partial charge >= 0.3 is 5.69 Å². The van der Waals surface area contributed by atoms with Crippen molar-refractivity contribution in [2.24, 2.45) is 14.1 Å². The third-order valence-electron chi connectivity index (χ3n) is 5.00. The van der Waals surface area contributed by atoms with Crippen molar-refractivity contribution in [1.82, 2.24) is 18.8 Å². The van der Waals surface area contributed by atoms with Gasteiger partial charge in [0, 0.05) is 27.2 Å². The summed E-state index contributed by atoms with van der Waals surface area (Å²) in [5, 5.41) is 0. The number of nitrogens with zero attached hydrogens (tertiary/aromatic N) is 3. The third kappa shape index (κ3) is 4.04. The molecule has 2 aromatic carbocycles. The second-order valence-corrected chi connectivity index (χ2v) is 8.79. The van der Waals surface area contributed by atoms with Gasteiger partial charge in [0.2, 0.25) is 10.0 Å². The van der Waals surface area contributed by atoms with Gasteiger partial charge in [-0.25, -0.2) is 17.9 Å². The number of sulfonamides is 1. The number of imidazole rings is 1. The van der Waals surface area contributed by atoms with Gasteiger partial charge in [-0.1, -0.05) is 31.2 Å². The van der Waals surface area contributed by atoms with Crippen LogP contribution in [0.5, 0.6) is 0 Å². The second-order valence-electron chi connectivity index (χ2n) is 7.03. The summed E-state index contributed by atoms with van der Waals surface area (Å²) < 4.78 is 31.1. The van der Waals surface area contributed by atoms with Gasteiger partial charge in [-0.05, 0) is 42.9 Å². The molecule has 7 nitrogen and oxygen atoms in total. The van der Waals surface area contributed by atoms with Crippen molar-refractivity contribution in [3.05, 3.63) is 64.1 Å². The average molecular weight is 403 g/mol. The molecule has 0 unspecified atom stereocenters. The molecule has 0 saturated carbocycles. The van der Waals surface area contributed by atoms with E-state index >= 15 is 0 Å². The number of fused-ring (bicyclic) bond motifs is 1. The number of hydrogen-bond donors (Lipinski definition) is 1. The van der Waals surface area contributed by atoms with Crippen LogP contribution in [0.3, 0.4) is 0 Å². The van der Waals surface area contributed by atoms with Crippen molar-refractivity contribution < 1.29 is 8.42 Å². The van der Waals surface area contributed by atoms with Crippen LogP contribution in [-0.4, -0.2) is 36.0 Å². The van der Waals surface area contributed by atoms with Crippen LogP contribution in [0.4, 0.5) is 0 Å². The Bertz CT molecular complexity index is 1160. The summed E-state index contributed by atoms with van der Waals surface area (Å²) in [6.45, 7) is 4.06. The molecule has 0 saturated heterocycles. The Labute approximate surface area is 165 Å². The Balaban J connectivity index is 1.81. The number of aromatic nitrogens is 2. The van der Waals surface area contributed by atoms with E-state index in [0.29, 0.717) is 11.0 Å². The maximum absolute atomic E-state index is 12.7. The molecule has 0 amide bonds. The summed E-state index contributed by atoms with van der Waals surface area (Å²) in [5.41, 5.74) is 3.13. The molecular formula is C20H26N4O3S. The Morgan fingerprint density at radius 2 is 1.68 bits per heavy atom. The van der Waals surface area contributed by atoms with Crippen molar-refractivity contribution in [3.63, 3.8) is 0 Å². The quantitative estimate of drug-likeness (QED) is 0.654. The highest BCUT2D eigenvalue weighted by Crippen LogP contribution is 2.18. The fourth-order valence-electron chi connectivity index (χ4n) is 3.18. The topological polar surface area (TPSA) is 76.3 Å². The SMILES string of the molecule is CCN(C)Cc1cccc(CNS(=O)(=O)c2ccc3c(c2)n(C)c(=O)n3C)c1. The van der Waals surface area contributed by atoms with Crippen LogP contribution in [-0.2, 0) is 37.2 Å². The minimum atomic E-state index is -3.70. The molecule has 1 heterocycles. The van der Waals surface area contributed by atoms with Crippen molar-refractivity contribution in [3.8, 4) is 0 Å². The van der Waals surface area contributed by atoms with E-state index < -0.39 is 10.0 Å². The van der Waals surface area contributed by atoms with Gasteiger partial charge in [0.15, 0.2) is 0 Å². The number of hydrogen-bond acceptors (Lipinski definition) is 4. The summed E-state index contributed by atoms with van der Waals surface area (Å²) in [6, 6.07) is 12.6. The largest absolute Gasteiger partial charge is 0.328 e. The first kappa shape index (κ1) is 20.3. The Morgan fingerprint density at radius 3 is 2.39 bits per heavy atom. The highest BCUT2D eigenvalue weighted by atomic mass is 32.2. The predicted octanol–water partition coefficient (Wildman–Crippen LogP) is 1.81. The van der Waals surface area contributed by atoms with Crippen molar-refractivity contribution in [1.29, 1.82) is 0 Å². The van der Waals surface area contributed by atoms with Gasteiger partial charge in [-0.2, -0.15) is 0 Å². The molecule has 1 N–H and O–H groups in total. The van der Waals surface area contributed by atoms with E-state index in [-0.39, 0.29) is 17.1 Å². The lowest BCUT2D eigenvalue weighted by molar-refractivity contribution is 0.345. The van der Waals surface area contributed by atoms with Crippen molar-refractivity contribution in [2.45, 2.75) is 24.9 Å². The summed E-state index contributed by atoms with van der Waals surface area (Å²) >= 11 is 0. The van der Waals surface area contributed by atoms with Crippen LogP contribution >= 0.6 is 0 Å². The van der Waals surface area contributed by atoms with E-state index in [2.05, 4.69) is 16.5 Å². The van der Waals surface area contributed by atoms with E-state index in [1.165, 1.54) is 21.3 Å². The zero-order valence-corrected chi connectivity index (χ0v) is 17.5. The summed E-state index contributed by atoms with van der Waals surface area (Å²) in [7, 11) is 1.65. The third-order valence-corrected chi connectivity index (χ3v) is 6.40. The van der Waals surface area contributed by atoms with E-state index in [1.807, 2.05) is 31.3 Å². The van der Waals surface area contributed by atoms with Gasteiger partial charge in [-0.3, -0.25) is 9.13 Å². The average Bonchev–Trinajstić information content (AvgIpc) is 2.90. The fraction of sp³-hybridized carbons (Fsp3) is 0.350. The predicted molar refractivity (Wildman–Crippen MR) is 111 cm³/mol. The number of rotatable bonds is 7. The van der Waals surface area contributed by atoms with Gasteiger partial charge in [0.25, 0.3) is 0 Å². The molecule has 3 rings (SSSR count). The maximum atomic E-state index is 12.7. The van der Waals surface area contributed by atoms with Crippen LogP contribution in [0.15, 0.2) is 52.2 Å². The molecule has 0 aliphatic carbocycles. The first-order valence-corrected chi connectivity index (χ1v) is 10.6. The number of nitrogens with one attached hydrogen (secondary N) is 1. The zero-order chi connectivity index (χ0) is 20.5. The highest BCUT2D eigenvalue weighted by molar-refractivity contribution is 7.89. The first-order valence-electron chi connectivity index (χ1n) is 9.14. The van der Waals surface area contributed by atoms with Gasteiger partial charge < -0.3 is 4.90 Å². The monoisotopic (exact) mass is 402 g/mol. The van der Waals surface area contributed by atoms with E-state index in [1.54, 1.807) is 20.2 Å². The molecule has 0 spiro atoms. The van der Waals surface area contributed by atoms with Crippen LogP contribution in [0.1, 0.15) is 18.1 Å². The molecule has 1 aromatic heterocycles. The number of benzene rings is 2. The standard InChI is InChI=1S/C20H26N4O3S/c1-5-22(2)14-16-8-6-7-15(11-16)13-21-28(26,27)17-9-10-18-19(12-17)24(4)20(25)23(18)3/h6-12,21H,5,13-14H2,1-4H3. The van der Waals surface area contributed by atoms with Crippen LogP contribution in [0.2, 0.25) is 0 Å². The van der Waals surface area contributed by atoms with E-state index in [4.69, 9.17) is 0 Å². The van der Waals surface area contributed by atoms with Crippen molar-refractivity contribution >= 4 is 21.1 Å². The molecule has 3 aromatic rings. The Hall–Kier alpha value is -2.42. The fourth-order valence-corrected chi connectivity index (χ4v) is 4.21. The molecule has 28 heavy (non-hydrogen) atoms. The highest BCUT2D eigenvalue weighted by Gasteiger charge is 2.17. The van der Waals surface area contributed by atoms with E-state index in [9.17, 15) is 13.2 Å². The molecule has 0 aliphatic rings. The molecule has 0 aliphatic heterocycles. The lowest BCUT2D eigenvalue weighted by Crippen LogP contribution is -2.23. The van der Waals surface area contributed by atoms with Crippen LogP contribution in [0.25, 0.3) is 11.0 Å². The number of aryl methyl sites for hydroxylation is 2. The lowest BCUT2D eigenvalue weighted by atomic mass is 10.1. The van der Waals surface area contributed by atoms with Crippen LogP contribution < -0.4 is 10.4 Å². The van der Waals surface area contributed by atoms with Gasteiger partial charge in [-0.15, -0.1) is 0 Å². The Kier molecular flexibility index (Phi) is 5.74. The molecular weight excluding hydrogens is 376 g/mol. The summed E-state index contributed by atoms with van der Waals surface area (Å²) in [4.78, 5) is 14.4. The molecule has 150 valence electrons.